The second-order valence-corrected chi connectivity index (χ2v) is 3.50. The van der Waals surface area contributed by atoms with E-state index >= 15 is 0 Å². The summed E-state index contributed by atoms with van der Waals surface area (Å²) in [5.41, 5.74) is -0.775. The molecule has 0 aromatic heterocycles. The van der Waals surface area contributed by atoms with Crippen LogP contribution < -0.4 is 0 Å². The Hall–Kier alpha value is -1.12. The molecule has 1 fully saturated rings. The van der Waals surface area contributed by atoms with Crippen LogP contribution in [0.4, 0.5) is 0 Å². The molecule has 0 spiro atoms. The Kier molecular flexibility index (Phi) is 2.86. The van der Waals surface area contributed by atoms with Gasteiger partial charge in [0.25, 0.3) is 0 Å². The van der Waals surface area contributed by atoms with Crippen LogP contribution in [0.3, 0.4) is 0 Å². The van der Waals surface area contributed by atoms with Gasteiger partial charge in [0.1, 0.15) is 5.78 Å². The molecule has 0 saturated heterocycles. The minimum atomic E-state index is -0.807. The zero-order valence-corrected chi connectivity index (χ0v) is 7.75. The second kappa shape index (κ2) is 3.73. The summed E-state index contributed by atoms with van der Waals surface area (Å²) in [6.45, 7) is 1.81. The van der Waals surface area contributed by atoms with Gasteiger partial charge in [0.15, 0.2) is 0 Å². The summed E-state index contributed by atoms with van der Waals surface area (Å²) in [6, 6.07) is 0. The molecule has 0 heterocycles. The van der Waals surface area contributed by atoms with Crippen LogP contribution in [-0.4, -0.2) is 16.9 Å². The molecule has 3 nitrogen and oxygen atoms in total. The highest BCUT2D eigenvalue weighted by molar-refractivity contribution is 5.84. The third kappa shape index (κ3) is 1.97. The summed E-state index contributed by atoms with van der Waals surface area (Å²) < 4.78 is 0. The van der Waals surface area contributed by atoms with E-state index in [2.05, 4.69) is 0 Å². The first kappa shape index (κ1) is 9.96. The lowest BCUT2D eigenvalue weighted by molar-refractivity contribution is -0.148. The average molecular weight is 182 g/mol. The maximum absolute atomic E-state index is 11.0. The number of carbonyl (C=O) groups excluding carboxylic acids is 1. The normalized spacial score (nSPS) is 22.1. The van der Waals surface area contributed by atoms with Crippen molar-refractivity contribution in [3.05, 3.63) is 12.2 Å². The largest absolute Gasteiger partial charge is 0.481 e. The van der Waals surface area contributed by atoms with Gasteiger partial charge in [0, 0.05) is 12.8 Å². The lowest BCUT2D eigenvalue weighted by atomic mass is 9.73. The molecule has 1 saturated carbocycles. The van der Waals surface area contributed by atoms with Crippen molar-refractivity contribution in [2.24, 2.45) is 5.41 Å². The van der Waals surface area contributed by atoms with Crippen molar-refractivity contribution in [2.45, 2.75) is 32.6 Å². The van der Waals surface area contributed by atoms with Crippen LogP contribution in [-0.2, 0) is 9.59 Å². The predicted molar refractivity (Wildman–Crippen MR) is 48.4 cm³/mol. The topological polar surface area (TPSA) is 54.4 Å². The number of carbonyl (C=O) groups is 2. The van der Waals surface area contributed by atoms with Crippen LogP contribution in [0, 0.1) is 5.41 Å². The van der Waals surface area contributed by atoms with Gasteiger partial charge in [0.05, 0.1) is 5.41 Å². The standard InChI is InChI=1S/C10H14O3/c1-2-5-10(9(12)13)6-3-8(11)4-7-10/h2,5H,3-4,6-7H2,1H3,(H,12,13)/b5-2+. The number of carboxylic acid groups (broad SMARTS) is 1. The minimum absolute atomic E-state index is 0.182. The lowest BCUT2D eigenvalue weighted by Gasteiger charge is -2.29. The monoisotopic (exact) mass is 182 g/mol. The Balaban J connectivity index is 2.81. The highest BCUT2D eigenvalue weighted by Crippen LogP contribution is 2.36. The van der Waals surface area contributed by atoms with Crippen LogP contribution in [0.15, 0.2) is 12.2 Å². The molecule has 0 amide bonds. The number of hydrogen-bond acceptors (Lipinski definition) is 2. The van der Waals surface area contributed by atoms with Gasteiger partial charge in [-0.2, -0.15) is 0 Å². The average Bonchev–Trinajstić information content (AvgIpc) is 2.09. The highest BCUT2D eigenvalue weighted by atomic mass is 16.4. The predicted octanol–water partition coefficient (Wildman–Crippen LogP) is 1.78. The van der Waals surface area contributed by atoms with Crippen molar-refractivity contribution < 1.29 is 14.7 Å². The lowest BCUT2D eigenvalue weighted by Crippen LogP contribution is -2.33. The van der Waals surface area contributed by atoms with Crippen LogP contribution in [0.2, 0.25) is 0 Å². The van der Waals surface area contributed by atoms with E-state index in [4.69, 9.17) is 5.11 Å². The summed E-state index contributed by atoms with van der Waals surface area (Å²) in [5.74, 6) is -0.625. The van der Waals surface area contributed by atoms with Crippen molar-refractivity contribution in [3.8, 4) is 0 Å². The molecule has 3 heteroatoms. The van der Waals surface area contributed by atoms with Crippen LogP contribution in [0.1, 0.15) is 32.6 Å². The molecule has 13 heavy (non-hydrogen) atoms. The SMILES string of the molecule is C/C=C/C1(C(=O)O)CCC(=O)CC1. The van der Waals surface area contributed by atoms with E-state index in [1.165, 1.54) is 0 Å². The van der Waals surface area contributed by atoms with Gasteiger partial charge >= 0.3 is 5.97 Å². The summed E-state index contributed by atoms with van der Waals surface area (Å²) in [5, 5.41) is 9.04. The molecule has 1 N–H and O–H groups in total. The molecule has 0 radical (unpaired) electrons. The number of carboxylic acids is 1. The van der Waals surface area contributed by atoms with Crippen LogP contribution in [0.25, 0.3) is 0 Å². The Morgan fingerprint density at radius 3 is 2.38 bits per heavy atom. The van der Waals surface area contributed by atoms with Crippen LogP contribution >= 0.6 is 0 Å². The molecule has 0 aromatic rings. The molecular formula is C10H14O3. The number of rotatable bonds is 2. The smallest absolute Gasteiger partial charge is 0.313 e. The number of aliphatic carboxylic acids is 1. The zero-order chi connectivity index (χ0) is 9.90. The molecule has 0 atom stereocenters. The molecule has 72 valence electrons. The third-order valence-corrected chi connectivity index (χ3v) is 2.61. The van der Waals surface area contributed by atoms with Crippen molar-refractivity contribution >= 4 is 11.8 Å². The summed E-state index contributed by atoms with van der Waals surface area (Å²) in [7, 11) is 0. The molecule has 0 unspecified atom stereocenters. The Morgan fingerprint density at radius 2 is 2.00 bits per heavy atom. The summed E-state index contributed by atoms with van der Waals surface area (Å²) in [6.07, 6.45) is 5.16. The van der Waals surface area contributed by atoms with E-state index in [1.807, 2.05) is 0 Å². The molecule has 0 aromatic carbocycles. The Bertz CT molecular complexity index is 243. The first-order chi connectivity index (χ1) is 6.10. The van der Waals surface area contributed by atoms with Gasteiger partial charge in [-0.05, 0) is 19.8 Å². The van der Waals surface area contributed by atoms with E-state index in [1.54, 1.807) is 19.1 Å². The molecule has 1 rings (SSSR count). The van der Waals surface area contributed by atoms with Gasteiger partial charge in [-0.1, -0.05) is 12.2 Å². The fourth-order valence-corrected chi connectivity index (χ4v) is 1.75. The van der Waals surface area contributed by atoms with Crippen molar-refractivity contribution in [1.82, 2.24) is 0 Å². The van der Waals surface area contributed by atoms with Crippen LogP contribution in [0.5, 0.6) is 0 Å². The van der Waals surface area contributed by atoms with Gasteiger partial charge in [-0.15, -0.1) is 0 Å². The zero-order valence-electron chi connectivity index (χ0n) is 7.75. The maximum Gasteiger partial charge on any atom is 0.313 e. The molecule has 1 aliphatic rings. The molecule has 0 aliphatic heterocycles. The van der Waals surface area contributed by atoms with E-state index in [0.29, 0.717) is 25.7 Å². The third-order valence-electron chi connectivity index (χ3n) is 2.61. The number of hydrogen-bond donors (Lipinski definition) is 1. The van der Waals surface area contributed by atoms with Crippen molar-refractivity contribution in [1.29, 1.82) is 0 Å². The molecule has 0 bridgehead atoms. The van der Waals surface area contributed by atoms with E-state index in [-0.39, 0.29) is 5.78 Å². The molecular weight excluding hydrogens is 168 g/mol. The van der Waals surface area contributed by atoms with Gasteiger partial charge in [0.2, 0.25) is 0 Å². The number of ketones is 1. The second-order valence-electron chi connectivity index (χ2n) is 3.50. The Labute approximate surface area is 77.4 Å². The first-order valence-electron chi connectivity index (χ1n) is 4.50. The van der Waals surface area contributed by atoms with E-state index < -0.39 is 11.4 Å². The molecule has 1 aliphatic carbocycles. The fourth-order valence-electron chi connectivity index (χ4n) is 1.75. The highest BCUT2D eigenvalue weighted by Gasteiger charge is 2.38. The van der Waals surface area contributed by atoms with Crippen molar-refractivity contribution in [3.63, 3.8) is 0 Å². The van der Waals surface area contributed by atoms with Gasteiger partial charge in [-0.3, -0.25) is 9.59 Å². The minimum Gasteiger partial charge on any atom is -0.481 e. The van der Waals surface area contributed by atoms with Gasteiger partial charge < -0.3 is 5.11 Å². The number of allylic oxidation sites excluding steroid dienone is 1. The first-order valence-corrected chi connectivity index (χ1v) is 4.50. The van der Waals surface area contributed by atoms with Gasteiger partial charge in [-0.25, -0.2) is 0 Å². The maximum atomic E-state index is 11.0. The summed E-state index contributed by atoms with van der Waals surface area (Å²) >= 11 is 0. The fraction of sp³-hybridized carbons (Fsp3) is 0.600. The number of Topliss-reactive ketones (excluding diaryl/α,β-unsaturated/α-hetero) is 1. The quantitative estimate of drug-likeness (QED) is 0.662. The summed E-state index contributed by atoms with van der Waals surface area (Å²) in [4.78, 5) is 22.0. The van der Waals surface area contributed by atoms with E-state index in [0.717, 1.165) is 0 Å². The van der Waals surface area contributed by atoms with Crippen molar-refractivity contribution in [2.75, 3.05) is 0 Å². The Morgan fingerprint density at radius 1 is 1.46 bits per heavy atom. The van der Waals surface area contributed by atoms with E-state index in [9.17, 15) is 9.59 Å².